The van der Waals surface area contributed by atoms with Crippen molar-refractivity contribution in [3.05, 3.63) is 56.9 Å². The van der Waals surface area contributed by atoms with Crippen molar-refractivity contribution in [3.63, 3.8) is 0 Å². The Balaban J connectivity index is 2.05. The van der Waals surface area contributed by atoms with Gasteiger partial charge in [-0.25, -0.2) is 0 Å². The van der Waals surface area contributed by atoms with Crippen molar-refractivity contribution in [1.29, 1.82) is 0 Å². The number of carbonyl (C=O) groups excluding carboxylic acids is 1. The summed E-state index contributed by atoms with van der Waals surface area (Å²) in [5.74, 6) is 0.0713. The molecule has 0 aliphatic heterocycles. The van der Waals surface area contributed by atoms with Crippen LogP contribution in [-0.2, 0) is 0 Å². The molecule has 2 rings (SSSR count). The van der Waals surface area contributed by atoms with Crippen LogP contribution in [0.1, 0.15) is 29.1 Å². The zero-order chi connectivity index (χ0) is 13.1. The second-order valence-electron chi connectivity index (χ2n) is 3.85. The van der Waals surface area contributed by atoms with Crippen LogP contribution in [0.3, 0.4) is 0 Å². The number of halogens is 2. The minimum Gasteiger partial charge on any atom is -0.444 e. The molecule has 1 aromatic heterocycles. The molecule has 2 aromatic rings. The highest BCUT2D eigenvalue weighted by molar-refractivity contribution is 9.10. The highest BCUT2D eigenvalue weighted by Gasteiger charge is 2.14. The Hall–Kier alpha value is -1.07. The standard InChI is InChI=1S/C13H11Br2NO2/c1-8(9-2-4-10(14)5-3-9)16-13(17)11-6-7-12(15)18-11/h2-8H,1H3,(H,16,17). The van der Waals surface area contributed by atoms with Crippen LogP contribution >= 0.6 is 31.9 Å². The molecule has 0 spiro atoms. The molecule has 94 valence electrons. The maximum atomic E-state index is 11.9. The molecule has 18 heavy (non-hydrogen) atoms. The van der Waals surface area contributed by atoms with Crippen LogP contribution in [-0.4, -0.2) is 5.91 Å². The molecule has 1 amide bonds. The lowest BCUT2D eigenvalue weighted by Crippen LogP contribution is -2.26. The first-order valence-corrected chi connectivity index (χ1v) is 6.96. The molecule has 5 heteroatoms. The van der Waals surface area contributed by atoms with Crippen LogP contribution in [0.2, 0.25) is 0 Å². The maximum Gasteiger partial charge on any atom is 0.287 e. The van der Waals surface area contributed by atoms with E-state index >= 15 is 0 Å². The summed E-state index contributed by atoms with van der Waals surface area (Å²) in [5, 5.41) is 2.88. The van der Waals surface area contributed by atoms with Crippen molar-refractivity contribution in [1.82, 2.24) is 5.32 Å². The average molecular weight is 373 g/mol. The summed E-state index contributed by atoms with van der Waals surface area (Å²) in [7, 11) is 0. The highest BCUT2D eigenvalue weighted by Crippen LogP contribution is 2.18. The molecule has 0 aliphatic carbocycles. The second kappa shape index (κ2) is 5.71. The fourth-order valence-corrected chi connectivity index (χ4v) is 2.11. The quantitative estimate of drug-likeness (QED) is 0.872. The number of amides is 1. The van der Waals surface area contributed by atoms with Crippen LogP contribution in [0.4, 0.5) is 0 Å². The van der Waals surface area contributed by atoms with Gasteiger partial charge in [-0.05, 0) is 52.7 Å². The fourth-order valence-electron chi connectivity index (χ4n) is 1.54. The van der Waals surface area contributed by atoms with Gasteiger partial charge in [-0.2, -0.15) is 0 Å². The third-order valence-corrected chi connectivity index (χ3v) is 3.47. The highest BCUT2D eigenvalue weighted by atomic mass is 79.9. The lowest BCUT2D eigenvalue weighted by molar-refractivity contribution is 0.0910. The van der Waals surface area contributed by atoms with Crippen molar-refractivity contribution in [3.8, 4) is 0 Å². The summed E-state index contributed by atoms with van der Waals surface area (Å²) >= 11 is 6.54. The predicted molar refractivity (Wildman–Crippen MR) is 76.4 cm³/mol. The van der Waals surface area contributed by atoms with E-state index in [4.69, 9.17) is 4.42 Å². The normalized spacial score (nSPS) is 12.2. The van der Waals surface area contributed by atoms with Gasteiger partial charge in [0.15, 0.2) is 10.4 Å². The summed E-state index contributed by atoms with van der Waals surface area (Å²) in [5.41, 5.74) is 1.04. The van der Waals surface area contributed by atoms with E-state index in [2.05, 4.69) is 37.2 Å². The van der Waals surface area contributed by atoms with Gasteiger partial charge in [0.1, 0.15) is 0 Å². The van der Waals surface area contributed by atoms with Gasteiger partial charge in [-0.15, -0.1) is 0 Å². The average Bonchev–Trinajstić information content (AvgIpc) is 2.76. The summed E-state index contributed by atoms with van der Waals surface area (Å²) in [4.78, 5) is 11.9. The van der Waals surface area contributed by atoms with Crippen LogP contribution < -0.4 is 5.32 Å². The molecular formula is C13H11Br2NO2. The zero-order valence-electron chi connectivity index (χ0n) is 9.61. The van der Waals surface area contributed by atoms with E-state index in [9.17, 15) is 4.79 Å². The number of furan rings is 1. The SMILES string of the molecule is CC(NC(=O)c1ccc(Br)o1)c1ccc(Br)cc1. The molecule has 1 heterocycles. The van der Waals surface area contributed by atoms with Gasteiger partial charge in [0.25, 0.3) is 5.91 Å². The van der Waals surface area contributed by atoms with Crippen LogP contribution in [0, 0.1) is 0 Å². The first-order chi connectivity index (χ1) is 8.56. The minimum absolute atomic E-state index is 0.0746. The topological polar surface area (TPSA) is 42.2 Å². The van der Waals surface area contributed by atoms with E-state index in [1.165, 1.54) is 0 Å². The zero-order valence-corrected chi connectivity index (χ0v) is 12.8. The molecule has 3 nitrogen and oxygen atoms in total. The van der Waals surface area contributed by atoms with E-state index < -0.39 is 0 Å². The van der Waals surface area contributed by atoms with Gasteiger partial charge in [-0.1, -0.05) is 28.1 Å². The first kappa shape index (κ1) is 13.4. The lowest BCUT2D eigenvalue weighted by atomic mass is 10.1. The van der Waals surface area contributed by atoms with E-state index in [0.717, 1.165) is 10.0 Å². The van der Waals surface area contributed by atoms with Crippen LogP contribution in [0.25, 0.3) is 0 Å². The largest absolute Gasteiger partial charge is 0.444 e. The van der Waals surface area contributed by atoms with Gasteiger partial charge in [0, 0.05) is 4.47 Å². The molecule has 0 fully saturated rings. The first-order valence-electron chi connectivity index (χ1n) is 5.38. The van der Waals surface area contributed by atoms with E-state index in [1.807, 2.05) is 31.2 Å². The van der Waals surface area contributed by atoms with Gasteiger partial charge in [0.05, 0.1) is 6.04 Å². The Labute approximate surface area is 122 Å². The minimum atomic E-state index is -0.226. The molecular weight excluding hydrogens is 362 g/mol. The summed E-state index contributed by atoms with van der Waals surface area (Å²) < 4.78 is 6.76. The van der Waals surface area contributed by atoms with Gasteiger partial charge < -0.3 is 9.73 Å². The second-order valence-corrected chi connectivity index (χ2v) is 5.55. The van der Waals surface area contributed by atoms with Crippen molar-refractivity contribution in [2.45, 2.75) is 13.0 Å². The van der Waals surface area contributed by atoms with Crippen molar-refractivity contribution in [2.75, 3.05) is 0 Å². The monoisotopic (exact) mass is 371 g/mol. The van der Waals surface area contributed by atoms with E-state index in [0.29, 0.717) is 10.4 Å². The Morgan fingerprint density at radius 1 is 1.17 bits per heavy atom. The Bertz CT molecular complexity index is 548. The third kappa shape index (κ3) is 3.23. The summed E-state index contributed by atoms with van der Waals surface area (Å²) in [6, 6.07) is 11.1. The smallest absolute Gasteiger partial charge is 0.287 e. The predicted octanol–water partition coefficient (Wildman–Crippen LogP) is 4.30. The molecule has 1 atom stereocenters. The van der Waals surface area contributed by atoms with Crippen molar-refractivity contribution in [2.24, 2.45) is 0 Å². The molecule has 0 bridgehead atoms. The van der Waals surface area contributed by atoms with Gasteiger partial charge >= 0.3 is 0 Å². The third-order valence-electron chi connectivity index (χ3n) is 2.51. The van der Waals surface area contributed by atoms with E-state index in [-0.39, 0.29) is 11.9 Å². The van der Waals surface area contributed by atoms with Gasteiger partial charge in [-0.3, -0.25) is 4.79 Å². The summed E-state index contributed by atoms with van der Waals surface area (Å²) in [6.07, 6.45) is 0. The summed E-state index contributed by atoms with van der Waals surface area (Å²) in [6.45, 7) is 1.93. The number of hydrogen-bond acceptors (Lipinski definition) is 2. The molecule has 1 N–H and O–H groups in total. The maximum absolute atomic E-state index is 11.9. The van der Waals surface area contributed by atoms with Gasteiger partial charge in [0.2, 0.25) is 0 Å². The molecule has 0 aliphatic rings. The van der Waals surface area contributed by atoms with Crippen molar-refractivity contribution >= 4 is 37.8 Å². The number of rotatable bonds is 3. The Kier molecular flexibility index (Phi) is 4.24. The number of nitrogens with one attached hydrogen (secondary N) is 1. The number of benzene rings is 1. The molecule has 1 aromatic carbocycles. The molecule has 0 saturated carbocycles. The van der Waals surface area contributed by atoms with Crippen LogP contribution in [0.5, 0.6) is 0 Å². The molecule has 0 radical (unpaired) electrons. The fraction of sp³-hybridized carbons (Fsp3) is 0.154. The Morgan fingerprint density at radius 3 is 2.39 bits per heavy atom. The number of carbonyl (C=O) groups is 1. The number of hydrogen-bond donors (Lipinski definition) is 1. The molecule has 1 unspecified atom stereocenters. The molecule has 0 saturated heterocycles. The lowest BCUT2D eigenvalue weighted by Gasteiger charge is -2.13. The van der Waals surface area contributed by atoms with E-state index in [1.54, 1.807) is 12.1 Å². The van der Waals surface area contributed by atoms with Crippen molar-refractivity contribution < 1.29 is 9.21 Å². The Morgan fingerprint density at radius 2 is 1.83 bits per heavy atom. The van der Waals surface area contributed by atoms with Crippen LogP contribution in [0.15, 0.2) is 50.0 Å².